The number of anilines is 1. The van der Waals surface area contributed by atoms with Crippen LogP contribution in [-0.4, -0.2) is 22.8 Å². The third-order valence-corrected chi connectivity index (χ3v) is 6.29. The van der Waals surface area contributed by atoms with E-state index >= 15 is 0 Å². The van der Waals surface area contributed by atoms with Crippen molar-refractivity contribution < 1.29 is 9.59 Å². The maximum atomic E-state index is 12.3. The van der Waals surface area contributed by atoms with Gasteiger partial charge in [-0.05, 0) is 73.0 Å². The number of nitrogens with zero attached hydrogens (tertiary/aromatic N) is 1. The second kappa shape index (κ2) is 8.77. The highest BCUT2D eigenvalue weighted by atomic mass is 32.1. The number of aromatic nitrogens is 1. The summed E-state index contributed by atoms with van der Waals surface area (Å²) in [6, 6.07) is 23.3. The zero-order valence-electron chi connectivity index (χ0n) is 17.2. The molecule has 6 heteroatoms. The van der Waals surface area contributed by atoms with Gasteiger partial charge in [0.05, 0.1) is 10.2 Å². The molecule has 5 rings (SSSR count). The number of nitrogens with one attached hydrogen (secondary N) is 2. The third kappa shape index (κ3) is 4.76. The molecule has 1 aliphatic carbocycles. The Morgan fingerprint density at radius 3 is 2.41 bits per heavy atom. The third-order valence-electron chi connectivity index (χ3n) is 5.21. The van der Waals surface area contributed by atoms with E-state index in [1.807, 2.05) is 54.6 Å². The Kier molecular flexibility index (Phi) is 5.52. The van der Waals surface area contributed by atoms with Gasteiger partial charge in [-0.3, -0.25) is 9.59 Å². The Morgan fingerprint density at radius 1 is 0.938 bits per heavy atom. The van der Waals surface area contributed by atoms with E-state index in [0.29, 0.717) is 11.6 Å². The van der Waals surface area contributed by atoms with E-state index in [2.05, 4.69) is 21.7 Å². The average Bonchev–Trinajstić information content (AvgIpc) is 3.52. The predicted molar refractivity (Wildman–Crippen MR) is 130 cm³/mol. The molecule has 1 fully saturated rings. The maximum Gasteiger partial charge on any atom is 0.251 e. The van der Waals surface area contributed by atoms with Crippen LogP contribution >= 0.6 is 11.3 Å². The van der Waals surface area contributed by atoms with Gasteiger partial charge in [-0.15, -0.1) is 11.3 Å². The number of para-hydroxylation sites is 1. The van der Waals surface area contributed by atoms with Gasteiger partial charge in [-0.25, -0.2) is 4.98 Å². The number of carbonyl (C=O) groups is 2. The van der Waals surface area contributed by atoms with Crippen LogP contribution in [0.2, 0.25) is 0 Å². The molecule has 1 aromatic heterocycles. The minimum Gasteiger partial charge on any atom is -0.349 e. The van der Waals surface area contributed by atoms with Crippen molar-refractivity contribution in [2.45, 2.75) is 18.9 Å². The van der Waals surface area contributed by atoms with E-state index in [9.17, 15) is 9.59 Å². The summed E-state index contributed by atoms with van der Waals surface area (Å²) in [5, 5.41) is 6.79. The van der Waals surface area contributed by atoms with Gasteiger partial charge in [0.2, 0.25) is 5.91 Å². The SMILES string of the molecule is O=C(/C=C/c1ccc(C(=O)NC2CC2)cc1)Nc1ccc(-c2nc3ccccc3s2)cc1. The molecule has 5 nitrogen and oxygen atoms in total. The summed E-state index contributed by atoms with van der Waals surface area (Å²) in [4.78, 5) is 29.0. The summed E-state index contributed by atoms with van der Waals surface area (Å²) in [5.41, 5.74) is 4.22. The predicted octanol–water partition coefficient (Wildman–Crippen LogP) is 5.51. The molecule has 1 aliphatic rings. The molecule has 0 bridgehead atoms. The number of amides is 2. The Labute approximate surface area is 189 Å². The summed E-state index contributed by atoms with van der Waals surface area (Å²) in [7, 11) is 0. The van der Waals surface area contributed by atoms with Crippen molar-refractivity contribution in [1.82, 2.24) is 10.3 Å². The minimum absolute atomic E-state index is 0.0462. The molecule has 0 aliphatic heterocycles. The van der Waals surface area contributed by atoms with Gasteiger partial charge in [0.15, 0.2) is 0 Å². The van der Waals surface area contributed by atoms with Gasteiger partial charge in [0.1, 0.15) is 5.01 Å². The number of carbonyl (C=O) groups excluding carboxylic acids is 2. The second-order valence-corrected chi connectivity index (χ2v) is 8.79. The van der Waals surface area contributed by atoms with Crippen molar-refractivity contribution in [2.75, 3.05) is 5.32 Å². The second-order valence-electron chi connectivity index (χ2n) is 7.76. The fourth-order valence-electron chi connectivity index (χ4n) is 3.29. The zero-order valence-corrected chi connectivity index (χ0v) is 18.1. The summed E-state index contributed by atoms with van der Waals surface area (Å²) >= 11 is 1.65. The number of hydrogen-bond acceptors (Lipinski definition) is 4. The van der Waals surface area contributed by atoms with E-state index in [1.54, 1.807) is 29.5 Å². The van der Waals surface area contributed by atoms with Gasteiger partial charge in [-0.2, -0.15) is 0 Å². The van der Waals surface area contributed by atoms with Crippen molar-refractivity contribution in [3.05, 3.63) is 90.0 Å². The largest absolute Gasteiger partial charge is 0.349 e. The van der Waals surface area contributed by atoms with Gasteiger partial charge in [0.25, 0.3) is 5.91 Å². The van der Waals surface area contributed by atoms with Crippen molar-refractivity contribution >= 4 is 45.1 Å². The number of hydrogen-bond donors (Lipinski definition) is 2. The smallest absolute Gasteiger partial charge is 0.251 e. The molecule has 3 aromatic carbocycles. The van der Waals surface area contributed by atoms with Crippen molar-refractivity contribution in [2.24, 2.45) is 0 Å². The number of benzene rings is 3. The average molecular weight is 440 g/mol. The lowest BCUT2D eigenvalue weighted by Gasteiger charge is -2.04. The lowest BCUT2D eigenvalue weighted by molar-refractivity contribution is -0.111. The quantitative estimate of drug-likeness (QED) is 0.389. The van der Waals surface area contributed by atoms with Crippen LogP contribution in [0.25, 0.3) is 26.9 Å². The fourth-order valence-corrected chi connectivity index (χ4v) is 4.26. The van der Waals surface area contributed by atoms with E-state index in [0.717, 1.165) is 44.9 Å². The van der Waals surface area contributed by atoms with E-state index in [1.165, 1.54) is 6.08 Å². The highest BCUT2D eigenvalue weighted by molar-refractivity contribution is 7.21. The normalized spacial score (nSPS) is 13.4. The molecule has 158 valence electrons. The number of rotatable bonds is 6. The molecule has 1 saturated carbocycles. The van der Waals surface area contributed by atoms with E-state index in [-0.39, 0.29) is 11.8 Å². The topological polar surface area (TPSA) is 71.1 Å². The van der Waals surface area contributed by atoms with Crippen molar-refractivity contribution in [3.63, 3.8) is 0 Å². The van der Waals surface area contributed by atoms with Gasteiger partial charge < -0.3 is 10.6 Å². The monoisotopic (exact) mass is 439 g/mol. The highest BCUT2D eigenvalue weighted by Crippen LogP contribution is 2.30. The lowest BCUT2D eigenvalue weighted by Crippen LogP contribution is -2.25. The van der Waals surface area contributed by atoms with Crippen LogP contribution in [0.4, 0.5) is 5.69 Å². The molecule has 2 N–H and O–H groups in total. The summed E-state index contributed by atoms with van der Waals surface area (Å²) in [6.07, 6.45) is 5.34. The van der Waals surface area contributed by atoms with Crippen LogP contribution in [0.5, 0.6) is 0 Å². The first-order chi connectivity index (χ1) is 15.6. The molecule has 32 heavy (non-hydrogen) atoms. The van der Waals surface area contributed by atoms with Crippen LogP contribution in [0.15, 0.2) is 78.9 Å². The standard InChI is InChI=1S/C26H21N3O2S/c30-24(16-7-17-5-8-18(9-6-17)25(31)28-21-14-15-21)27-20-12-10-19(11-13-20)26-29-22-3-1-2-4-23(22)32-26/h1-13,16,21H,14-15H2,(H,27,30)(H,28,31)/b16-7+. The zero-order chi connectivity index (χ0) is 21.9. The molecule has 0 saturated heterocycles. The van der Waals surface area contributed by atoms with Crippen molar-refractivity contribution in [1.29, 1.82) is 0 Å². The summed E-state index contributed by atoms with van der Waals surface area (Å²) < 4.78 is 1.15. The lowest BCUT2D eigenvalue weighted by atomic mass is 10.1. The highest BCUT2D eigenvalue weighted by Gasteiger charge is 2.23. The molecule has 0 unspecified atom stereocenters. The van der Waals surface area contributed by atoms with E-state index in [4.69, 9.17) is 0 Å². The molecule has 0 atom stereocenters. The van der Waals surface area contributed by atoms with E-state index < -0.39 is 0 Å². The molecular weight excluding hydrogens is 418 g/mol. The summed E-state index contributed by atoms with van der Waals surface area (Å²) in [5.74, 6) is -0.261. The van der Waals surface area contributed by atoms with Gasteiger partial charge >= 0.3 is 0 Å². The fraction of sp³-hybridized carbons (Fsp3) is 0.115. The van der Waals surface area contributed by atoms with Crippen LogP contribution in [0.3, 0.4) is 0 Å². The van der Waals surface area contributed by atoms with Crippen LogP contribution in [0.1, 0.15) is 28.8 Å². The minimum atomic E-state index is -0.215. The Balaban J connectivity index is 1.19. The Morgan fingerprint density at radius 2 is 1.69 bits per heavy atom. The molecule has 0 radical (unpaired) electrons. The van der Waals surface area contributed by atoms with Crippen LogP contribution < -0.4 is 10.6 Å². The van der Waals surface area contributed by atoms with Crippen LogP contribution in [0, 0.1) is 0 Å². The van der Waals surface area contributed by atoms with Crippen molar-refractivity contribution in [3.8, 4) is 10.6 Å². The van der Waals surface area contributed by atoms with Gasteiger partial charge in [0, 0.05) is 28.9 Å². The van der Waals surface area contributed by atoms with Crippen LogP contribution in [-0.2, 0) is 4.79 Å². The first kappa shape index (κ1) is 20.2. The maximum absolute atomic E-state index is 12.3. The molecule has 0 spiro atoms. The molecule has 4 aromatic rings. The first-order valence-corrected chi connectivity index (χ1v) is 11.3. The molecule has 2 amide bonds. The van der Waals surface area contributed by atoms with Gasteiger partial charge in [-0.1, -0.05) is 24.3 Å². The molecule has 1 heterocycles. The Bertz CT molecular complexity index is 1270. The first-order valence-electron chi connectivity index (χ1n) is 10.5. The molecular formula is C26H21N3O2S. The summed E-state index contributed by atoms with van der Waals surface area (Å²) in [6.45, 7) is 0. The number of thiazole rings is 1. The number of fused-ring (bicyclic) bond motifs is 1. The Hall–Kier alpha value is -3.77.